The van der Waals surface area contributed by atoms with Crippen molar-refractivity contribution in [2.24, 2.45) is 0 Å². The summed E-state index contributed by atoms with van der Waals surface area (Å²) >= 11 is 6.15. The van der Waals surface area contributed by atoms with Gasteiger partial charge in [0.1, 0.15) is 18.2 Å². The molecule has 140 valence electrons. The molecule has 0 bridgehead atoms. The zero-order valence-electron chi connectivity index (χ0n) is 15.2. The van der Waals surface area contributed by atoms with Gasteiger partial charge in [-0.2, -0.15) is 5.26 Å². The van der Waals surface area contributed by atoms with Crippen LogP contribution in [0.3, 0.4) is 0 Å². The zero-order valence-corrected chi connectivity index (χ0v) is 16.0. The van der Waals surface area contributed by atoms with Crippen molar-refractivity contribution in [3.63, 3.8) is 0 Å². The van der Waals surface area contributed by atoms with Gasteiger partial charge in [-0.15, -0.1) is 0 Å². The van der Waals surface area contributed by atoms with Crippen LogP contribution >= 0.6 is 11.6 Å². The molecule has 5 nitrogen and oxygen atoms in total. The molecule has 0 heterocycles. The first kappa shape index (κ1) is 20.3. The zero-order chi connectivity index (χ0) is 19.6. The van der Waals surface area contributed by atoms with E-state index in [-0.39, 0.29) is 12.2 Å². The van der Waals surface area contributed by atoms with Gasteiger partial charge in [0.15, 0.2) is 11.5 Å². The van der Waals surface area contributed by atoms with Gasteiger partial charge in [-0.05, 0) is 43.7 Å². The summed E-state index contributed by atoms with van der Waals surface area (Å²) in [4.78, 5) is 11.8. The molecule has 0 N–H and O–H groups in total. The Bertz CT molecular complexity index is 871. The number of carbonyl (C=O) groups is 1. The Hall–Kier alpha value is -2.97. The highest BCUT2D eigenvalue weighted by Crippen LogP contribution is 2.31. The lowest BCUT2D eigenvalue weighted by Crippen LogP contribution is -2.06. The number of nitriles is 1. The fraction of sp³-hybridized carbons (Fsp3) is 0.238. The molecule has 0 aliphatic carbocycles. The van der Waals surface area contributed by atoms with Crippen molar-refractivity contribution in [3.8, 4) is 17.6 Å². The summed E-state index contributed by atoms with van der Waals surface area (Å²) in [6.07, 6.45) is 1.46. The summed E-state index contributed by atoms with van der Waals surface area (Å²) < 4.78 is 16.3. The van der Waals surface area contributed by atoms with Gasteiger partial charge in [0.2, 0.25) is 0 Å². The first-order valence-corrected chi connectivity index (χ1v) is 8.88. The number of hydrogen-bond donors (Lipinski definition) is 0. The molecule has 0 fully saturated rings. The maximum atomic E-state index is 11.8. The second-order valence-corrected chi connectivity index (χ2v) is 5.82. The minimum atomic E-state index is -0.656. The Morgan fingerprint density at radius 2 is 1.89 bits per heavy atom. The SMILES string of the molecule is CCOC(=O)/C(C#N)=C\c1ccc(OCc2ccccc2Cl)c(OCC)c1. The van der Waals surface area contributed by atoms with Crippen LogP contribution < -0.4 is 9.47 Å². The first-order valence-electron chi connectivity index (χ1n) is 8.51. The van der Waals surface area contributed by atoms with E-state index in [0.717, 1.165) is 5.56 Å². The smallest absolute Gasteiger partial charge is 0.348 e. The van der Waals surface area contributed by atoms with E-state index in [0.29, 0.717) is 35.3 Å². The molecule has 0 amide bonds. The van der Waals surface area contributed by atoms with Gasteiger partial charge in [-0.25, -0.2) is 4.79 Å². The topological polar surface area (TPSA) is 68.6 Å². The highest BCUT2D eigenvalue weighted by Gasteiger charge is 2.12. The molecule has 0 unspecified atom stereocenters. The molecule has 2 rings (SSSR count). The van der Waals surface area contributed by atoms with Crippen LogP contribution in [0.15, 0.2) is 48.0 Å². The third-order valence-corrected chi connectivity index (χ3v) is 3.90. The van der Waals surface area contributed by atoms with Crippen LogP contribution in [0.2, 0.25) is 5.02 Å². The van der Waals surface area contributed by atoms with Crippen LogP contribution in [0.5, 0.6) is 11.5 Å². The van der Waals surface area contributed by atoms with Gasteiger partial charge in [0, 0.05) is 10.6 Å². The quantitative estimate of drug-likeness (QED) is 0.371. The monoisotopic (exact) mass is 385 g/mol. The van der Waals surface area contributed by atoms with Crippen molar-refractivity contribution in [2.45, 2.75) is 20.5 Å². The average molecular weight is 386 g/mol. The van der Waals surface area contributed by atoms with Crippen LogP contribution in [0.4, 0.5) is 0 Å². The third-order valence-electron chi connectivity index (χ3n) is 3.54. The maximum absolute atomic E-state index is 11.8. The van der Waals surface area contributed by atoms with E-state index in [1.54, 1.807) is 31.2 Å². The van der Waals surface area contributed by atoms with E-state index in [2.05, 4.69) is 0 Å². The minimum absolute atomic E-state index is 0.0796. The molecule has 0 aliphatic rings. The number of halogens is 1. The lowest BCUT2D eigenvalue weighted by atomic mass is 10.1. The lowest BCUT2D eigenvalue weighted by Gasteiger charge is -2.13. The normalized spacial score (nSPS) is 10.8. The van der Waals surface area contributed by atoms with Crippen molar-refractivity contribution in [3.05, 3.63) is 64.2 Å². The molecule has 2 aromatic rings. The Labute approximate surface area is 163 Å². The van der Waals surface area contributed by atoms with E-state index >= 15 is 0 Å². The molecule has 27 heavy (non-hydrogen) atoms. The van der Waals surface area contributed by atoms with Gasteiger partial charge in [0.05, 0.1) is 13.2 Å². The highest BCUT2D eigenvalue weighted by atomic mass is 35.5. The van der Waals surface area contributed by atoms with Crippen LogP contribution in [0.25, 0.3) is 6.08 Å². The lowest BCUT2D eigenvalue weighted by molar-refractivity contribution is -0.137. The Morgan fingerprint density at radius 1 is 1.11 bits per heavy atom. The van der Waals surface area contributed by atoms with Crippen molar-refractivity contribution >= 4 is 23.6 Å². The molecular formula is C21H20ClNO4. The van der Waals surface area contributed by atoms with E-state index in [1.807, 2.05) is 31.2 Å². The van der Waals surface area contributed by atoms with Gasteiger partial charge >= 0.3 is 5.97 Å². The summed E-state index contributed by atoms with van der Waals surface area (Å²) in [5.41, 5.74) is 1.41. The van der Waals surface area contributed by atoms with E-state index < -0.39 is 5.97 Å². The number of ether oxygens (including phenoxy) is 3. The predicted molar refractivity (Wildman–Crippen MR) is 104 cm³/mol. The van der Waals surface area contributed by atoms with Gasteiger partial charge in [-0.3, -0.25) is 0 Å². The summed E-state index contributed by atoms with van der Waals surface area (Å²) in [5.74, 6) is 0.403. The third kappa shape index (κ3) is 5.77. The van der Waals surface area contributed by atoms with Gasteiger partial charge < -0.3 is 14.2 Å². The fourth-order valence-electron chi connectivity index (χ4n) is 2.29. The predicted octanol–water partition coefficient (Wildman–Crippen LogP) is 4.79. The van der Waals surface area contributed by atoms with Crippen molar-refractivity contribution in [1.82, 2.24) is 0 Å². The second-order valence-electron chi connectivity index (χ2n) is 5.41. The van der Waals surface area contributed by atoms with Crippen LogP contribution in [-0.4, -0.2) is 19.2 Å². The fourth-order valence-corrected chi connectivity index (χ4v) is 2.48. The molecule has 0 radical (unpaired) electrons. The largest absolute Gasteiger partial charge is 0.490 e. The minimum Gasteiger partial charge on any atom is -0.490 e. The van der Waals surface area contributed by atoms with E-state index in [9.17, 15) is 4.79 Å². The van der Waals surface area contributed by atoms with E-state index in [1.165, 1.54) is 6.08 Å². The number of hydrogen-bond acceptors (Lipinski definition) is 5. The van der Waals surface area contributed by atoms with Gasteiger partial charge in [0.25, 0.3) is 0 Å². The standard InChI is InChI=1S/C21H20ClNO4/c1-3-25-20-12-15(11-17(13-23)21(24)26-4-2)9-10-19(20)27-14-16-7-5-6-8-18(16)22/h5-12H,3-4,14H2,1-2H3/b17-11-. The number of benzene rings is 2. The first-order chi connectivity index (χ1) is 13.1. The van der Waals surface area contributed by atoms with E-state index in [4.69, 9.17) is 31.1 Å². The molecule has 0 atom stereocenters. The van der Waals surface area contributed by atoms with Crippen molar-refractivity contribution in [1.29, 1.82) is 5.26 Å². The molecular weight excluding hydrogens is 366 g/mol. The molecule has 0 saturated heterocycles. The number of rotatable bonds is 8. The summed E-state index contributed by atoms with van der Waals surface area (Å²) in [6, 6.07) is 14.5. The number of esters is 1. The molecule has 6 heteroatoms. The Kier molecular flexibility index (Phi) is 7.72. The summed E-state index contributed by atoms with van der Waals surface area (Å²) in [7, 11) is 0. The Morgan fingerprint density at radius 3 is 2.56 bits per heavy atom. The molecule has 0 aromatic heterocycles. The summed E-state index contributed by atoms with van der Waals surface area (Å²) in [6.45, 7) is 4.49. The Balaban J connectivity index is 2.24. The van der Waals surface area contributed by atoms with Crippen LogP contribution in [0, 0.1) is 11.3 Å². The number of carbonyl (C=O) groups excluding carboxylic acids is 1. The van der Waals surface area contributed by atoms with Crippen LogP contribution in [-0.2, 0) is 16.1 Å². The molecule has 2 aromatic carbocycles. The highest BCUT2D eigenvalue weighted by molar-refractivity contribution is 6.31. The molecule has 0 saturated carbocycles. The average Bonchev–Trinajstić information content (AvgIpc) is 2.67. The molecule has 0 aliphatic heterocycles. The van der Waals surface area contributed by atoms with Gasteiger partial charge in [-0.1, -0.05) is 35.9 Å². The number of nitrogens with zero attached hydrogens (tertiary/aromatic N) is 1. The van der Waals surface area contributed by atoms with Crippen LogP contribution in [0.1, 0.15) is 25.0 Å². The molecule has 0 spiro atoms. The van der Waals surface area contributed by atoms with Crippen molar-refractivity contribution < 1.29 is 19.0 Å². The second kappa shape index (κ2) is 10.2. The summed E-state index contributed by atoms with van der Waals surface area (Å²) in [5, 5.41) is 9.79. The van der Waals surface area contributed by atoms with Crippen molar-refractivity contribution in [2.75, 3.05) is 13.2 Å². The maximum Gasteiger partial charge on any atom is 0.348 e.